The molecule has 1 rings (SSSR count). The van der Waals surface area contributed by atoms with E-state index in [1.807, 2.05) is 0 Å². The summed E-state index contributed by atoms with van der Waals surface area (Å²) in [5, 5.41) is 0. The van der Waals surface area contributed by atoms with Gasteiger partial charge in [-0.3, -0.25) is 0 Å². The fourth-order valence-corrected chi connectivity index (χ4v) is 4.55. The molecule has 3 unspecified atom stereocenters. The SMILES string of the molecule is CC(C)CC(C)(C)CC(C)CCC1CCCCC1C. The quantitative estimate of drug-likeness (QED) is 0.481. The lowest BCUT2D eigenvalue weighted by atomic mass is 9.73. The normalized spacial score (nSPS) is 26.7. The van der Waals surface area contributed by atoms with E-state index in [-0.39, 0.29) is 0 Å². The first-order valence-electron chi connectivity index (χ1n) is 8.80. The van der Waals surface area contributed by atoms with E-state index in [1.54, 1.807) is 0 Å². The summed E-state index contributed by atoms with van der Waals surface area (Å²) in [5.41, 5.74) is 0.533. The van der Waals surface area contributed by atoms with Gasteiger partial charge in [0, 0.05) is 0 Å². The van der Waals surface area contributed by atoms with E-state index >= 15 is 0 Å². The number of rotatable bonds is 7. The Hall–Kier alpha value is 0. The first kappa shape index (κ1) is 17.1. The van der Waals surface area contributed by atoms with Crippen LogP contribution in [-0.2, 0) is 0 Å². The summed E-state index contributed by atoms with van der Waals surface area (Å²) in [7, 11) is 0. The van der Waals surface area contributed by atoms with Gasteiger partial charge in [-0.2, -0.15) is 0 Å². The number of hydrogen-bond donors (Lipinski definition) is 0. The molecule has 1 aliphatic carbocycles. The predicted molar refractivity (Wildman–Crippen MR) is 87.4 cm³/mol. The van der Waals surface area contributed by atoms with Crippen LogP contribution in [0, 0.1) is 29.1 Å². The molecule has 114 valence electrons. The Labute approximate surface area is 122 Å². The Kier molecular flexibility index (Phi) is 6.91. The van der Waals surface area contributed by atoms with Crippen LogP contribution in [0.25, 0.3) is 0 Å². The minimum Gasteiger partial charge on any atom is -0.0628 e. The molecule has 0 spiro atoms. The Morgan fingerprint density at radius 2 is 1.63 bits per heavy atom. The summed E-state index contributed by atoms with van der Waals surface area (Å²) >= 11 is 0. The van der Waals surface area contributed by atoms with E-state index in [4.69, 9.17) is 0 Å². The smallest absolute Gasteiger partial charge is 0.0349 e. The topological polar surface area (TPSA) is 0 Å². The zero-order valence-electron chi connectivity index (χ0n) is 14.5. The van der Waals surface area contributed by atoms with E-state index in [0.717, 1.165) is 23.7 Å². The molecule has 0 aromatic carbocycles. The molecular formula is C19H38. The van der Waals surface area contributed by atoms with Gasteiger partial charge in [-0.25, -0.2) is 0 Å². The van der Waals surface area contributed by atoms with Gasteiger partial charge < -0.3 is 0 Å². The second kappa shape index (κ2) is 7.70. The lowest BCUT2D eigenvalue weighted by Crippen LogP contribution is -2.20. The maximum atomic E-state index is 2.48. The first-order chi connectivity index (χ1) is 8.80. The van der Waals surface area contributed by atoms with Gasteiger partial charge in [0.15, 0.2) is 0 Å². The average Bonchev–Trinajstić information content (AvgIpc) is 2.25. The summed E-state index contributed by atoms with van der Waals surface area (Å²) in [6.45, 7) is 14.6. The summed E-state index contributed by atoms with van der Waals surface area (Å²) in [4.78, 5) is 0. The lowest BCUT2D eigenvalue weighted by molar-refractivity contribution is 0.192. The van der Waals surface area contributed by atoms with E-state index < -0.39 is 0 Å². The van der Waals surface area contributed by atoms with Crippen LogP contribution in [0.3, 0.4) is 0 Å². The predicted octanol–water partition coefficient (Wildman–Crippen LogP) is 6.69. The lowest BCUT2D eigenvalue weighted by Gasteiger charge is -2.32. The van der Waals surface area contributed by atoms with Crippen LogP contribution in [-0.4, -0.2) is 0 Å². The van der Waals surface area contributed by atoms with Crippen molar-refractivity contribution < 1.29 is 0 Å². The highest BCUT2D eigenvalue weighted by Gasteiger charge is 2.25. The zero-order chi connectivity index (χ0) is 14.5. The zero-order valence-corrected chi connectivity index (χ0v) is 14.5. The van der Waals surface area contributed by atoms with Gasteiger partial charge in [-0.05, 0) is 48.3 Å². The summed E-state index contributed by atoms with van der Waals surface area (Å²) in [6.07, 6.45) is 11.7. The third kappa shape index (κ3) is 6.82. The highest BCUT2D eigenvalue weighted by atomic mass is 14.3. The van der Waals surface area contributed by atoms with Crippen LogP contribution < -0.4 is 0 Å². The molecule has 0 amide bonds. The average molecular weight is 267 g/mol. The standard InChI is InChI=1S/C19H38/c1-15(2)13-19(5,6)14-16(3)11-12-18-10-8-7-9-17(18)4/h15-18H,7-14H2,1-6H3. The molecule has 0 saturated heterocycles. The first-order valence-corrected chi connectivity index (χ1v) is 8.80. The van der Waals surface area contributed by atoms with Crippen LogP contribution in [0.5, 0.6) is 0 Å². The van der Waals surface area contributed by atoms with Crippen LogP contribution in [0.1, 0.15) is 92.9 Å². The van der Waals surface area contributed by atoms with Gasteiger partial charge in [-0.15, -0.1) is 0 Å². The van der Waals surface area contributed by atoms with Gasteiger partial charge in [0.2, 0.25) is 0 Å². The van der Waals surface area contributed by atoms with Gasteiger partial charge >= 0.3 is 0 Å². The molecule has 0 heteroatoms. The maximum absolute atomic E-state index is 2.48. The molecule has 0 aromatic heterocycles. The van der Waals surface area contributed by atoms with Crippen molar-refractivity contribution in [3.63, 3.8) is 0 Å². The third-order valence-corrected chi connectivity index (χ3v) is 5.18. The van der Waals surface area contributed by atoms with E-state index in [1.165, 1.54) is 51.4 Å². The molecular weight excluding hydrogens is 228 g/mol. The minimum absolute atomic E-state index is 0.533. The van der Waals surface area contributed by atoms with Gasteiger partial charge in [0.25, 0.3) is 0 Å². The van der Waals surface area contributed by atoms with Crippen LogP contribution in [0.15, 0.2) is 0 Å². The van der Waals surface area contributed by atoms with Crippen molar-refractivity contribution in [1.29, 1.82) is 0 Å². The second-order valence-electron chi connectivity index (χ2n) is 8.67. The minimum atomic E-state index is 0.533. The van der Waals surface area contributed by atoms with E-state index in [0.29, 0.717) is 5.41 Å². The van der Waals surface area contributed by atoms with Crippen molar-refractivity contribution in [2.75, 3.05) is 0 Å². The van der Waals surface area contributed by atoms with Gasteiger partial charge in [-0.1, -0.05) is 73.6 Å². The Morgan fingerprint density at radius 3 is 2.21 bits per heavy atom. The Balaban J connectivity index is 2.28. The van der Waals surface area contributed by atoms with Crippen molar-refractivity contribution in [1.82, 2.24) is 0 Å². The van der Waals surface area contributed by atoms with Gasteiger partial charge in [0.1, 0.15) is 0 Å². The van der Waals surface area contributed by atoms with Crippen molar-refractivity contribution in [2.24, 2.45) is 29.1 Å². The number of hydrogen-bond acceptors (Lipinski definition) is 0. The molecule has 1 aliphatic rings. The Bertz CT molecular complexity index is 238. The van der Waals surface area contributed by atoms with Crippen LogP contribution in [0.2, 0.25) is 0 Å². The maximum Gasteiger partial charge on any atom is -0.0349 e. The van der Waals surface area contributed by atoms with Crippen molar-refractivity contribution in [3.8, 4) is 0 Å². The molecule has 1 saturated carbocycles. The molecule has 3 atom stereocenters. The highest BCUT2D eigenvalue weighted by molar-refractivity contribution is 4.76. The summed E-state index contributed by atoms with van der Waals surface area (Å²) in [6, 6.07) is 0. The largest absolute Gasteiger partial charge is 0.0628 e. The summed E-state index contributed by atoms with van der Waals surface area (Å²) in [5.74, 6) is 3.76. The second-order valence-corrected chi connectivity index (χ2v) is 8.67. The fraction of sp³-hybridized carbons (Fsp3) is 1.00. The Morgan fingerprint density at radius 1 is 1.00 bits per heavy atom. The van der Waals surface area contributed by atoms with Crippen molar-refractivity contribution in [2.45, 2.75) is 92.9 Å². The summed E-state index contributed by atoms with van der Waals surface area (Å²) < 4.78 is 0. The van der Waals surface area contributed by atoms with Crippen LogP contribution >= 0.6 is 0 Å². The van der Waals surface area contributed by atoms with E-state index in [2.05, 4.69) is 41.5 Å². The van der Waals surface area contributed by atoms with Crippen LogP contribution in [0.4, 0.5) is 0 Å². The molecule has 0 radical (unpaired) electrons. The fourth-order valence-electron chi connectivity index (χ4n) is 4.55. The monoisotopic (exact) mass is 266 g/mol. The third-order valence-electron chi connectivity index (χ3n) is 5.18. The molecule has 0 nitrogen and oxygen atoms in total. The van der Waals surface area contributed by atoms with E-state index in [9.17, 15) is 0 Å². The highest BCUT2D eigenvalue weighted by Crippen LogP contribution is 2.37. The molecule has 19 heavy (non-hydrogen) atoms. The molecule has 1 fully saturated rings. The van der Waals surface area contributed by atoms with Crippen molar-refractivity contribution >= 4 is 0 Å². The molecule has 0 bridgehead atoms. The molecule has 0 aromatic rings. The molecule has 0 N–H and O–H groups in total. The molecule has 0 heterocycles. The molecule has 0 aliphatic heterocycles. The van der Waals surface area contributed by atoms with Gasteiger partial charge in [0.05, 0.1) is 0 Å². The van der Waals surface area contributed by atoms with Crippen molar-refractivity contribution in [3.05, 3.63) is 0 Å².